The van der Waals surface area contributed by atoms with E-state index < -0.39 is 10.0 Å². The van der Waals surface area contributed by atoms with Crippen molar-refractivity contribution in [1.82, 2.24) is 19.2 Å². The molecule has 1 radical (unpaired) electrons. The maximum Gasteiger partial charge on any atom is 1.00 e. The molecule has 3 aromatic rings. The van der Waals surface area contributed by atoms with Gasteiger partial charge in [0, 0.05) is 37.1 Å². The van der Waals surface area contributed by atoms with Gasteiger partial charge in [-0.1, -0.05) is 63.0 Å². The standard InChI is InChI=1S/C25H32N4O3S.Ru/c1-17-16-28(18(2)23-26-22-9-7-6-8-21(22)24(30)27-23)14-15-29(17)33(31,32)20-12-10-19(11-13-20)25(3,4)5;/h6-13,17-18H,14-16H2,1-5H3,(H,26,27,30);/q;+1/p-1. The SMILES string of the molecule is CC(c1nc2ccccc2c(=O)[n-]1)N1CCN(S(=O)(=O)c2ccc(C(C)(C)C)cc2)C(C)C1.[Ru+]. The monoisotopic (exact) mass is 569 g/mol. The summed E-state index contributed by atoms with van der Waals surface area (Å²) in [5.41, 5.74) is 1.41. The topological polar surface area (TPSA) is 84.7 Å². The fourth-order valence-electron chi connectivity index (χ4n) is 4.36. The van der Waals surface area contributed by atoms with Crippen molar-refractivity contribution in [2.75, 3.05) is 19.6 Å². The molecule has 2 atom stereocenters. The number of nitrogens with zero attached hydrogens (tertiary/aromatic N) is 4. The molecule has 0 spiro atoms. The van der Waals surface area contributed by atoms with E-state index in [1.807, 2.05) is 38.1 Å². The van der Waals surface area contributed by atoms with Crippen LogP contribution in [0.2, 0.25) is 0 Å². The Kier molecular flexibility index (Phi) is 7.83. The second-order valence-corrected chi connectivity index (χ2v) is 11.7. The van der Waals surface area contributed by atoms with Crippen molar-refractivity contribution >= 4 is 20.9 Å². The van der Waals surface area contributed by atoms with Gasteiger partial charge in [0.2, 0.25) is 10.0 Å². The molecule has 1 aliphatic heterocycles. The molecule has 9 heteroatoms. The van der Waals surface area contributed by atoms with Crippen LogP contribution < -0.4 is 10.5 Å². The number of para-hydroxylation sites is 1. The minimum Gasteiger partial charge on any atom is -0.438 e. The summed E-state index contributed by atoms with van der Waals surface area (Å²) in [7, 11) is -3.60. The second-order valence-electron chi connectivity index (χ2n) is 9.81. The molecule has 34 heavy (non-hydrogen) atoms. The average molecular weight is 569 g/mol. The first-order chi connectivity index (χ1) is 15.5. The van der Waals surface area contributed by atoms with Crippen LogP contribution >= 0.6 is 0 Å². The van der Waals surface area contributed by atoms with Gasteiger partial charge in [0.1, 0.15) is 0 Å². The molecule has 0 bridgehead atoms. The molecule has 7 nitrogen and oxygen atoms in total. The predicted octanol–water partition coefficient (Wildman–Crippen LogP) is 3.30. The van der Waals surface area contributed by atoms with Crippen molar-refractivity contribution in [2.45, 2.75) is 57.0 Å². The molecule has 1 saturated heterocycles. The Hall–Kier alpha value is -1.93. The zero-order chi connectivity index (χ0) is 24.0. The van der Waals surface area contributed by atoms with E-state index >= 15 is 0 Å². The van der Waals surface area contributed by atoms with Crippen LogP contribution in [0.15, 0.2) is 58.2 Å². The molecular formula is C25H31N4O3RuS. The number of hydrogen-bond donors (Lipinski definition) is 0. The van der Waals surface area contributed by atoms with Gasteiger partial charge in [-0.25, -0.2) is 8.42 Å². The van der Waals surface area contributed by atoms with Crippen LogP contribution in [0.1, 0.15) is 52.0 Å². The number of rotatable bonds is 4. The Balaban J connectivity index is 0.00000324. The molecule has 1 aliphatic rings. The molecule has 183 valence electrons. The zero-order valence-electron chi connectivity index (χ0n) is 20.2. The maximum atomic E-state index is 13.3. The van der Waals surface area contributed by atoms with Crippen LogP contribution in [-0.2, 0) is 34.9 Å². The van der Waals surface area contributed by atoms with Crippen molar-refractivity contribution < 1.29 is 27.9 Å². The number of hydrogen-bond acceptors (Lipinski definition) is 5. The molecular weight excluding hydrogens is 537 g/mol. The van der Waals surface area contributed by atoms with Crippen molar-refractivity contribution in [1.29, 1.82) is 0 Å². The average Bonchev–Trinajstić information content (AvgIpc) is 2.78. The largest absolute Gasteiger partial charge is 1.00 e. The molecule has 1 fully saturated rings. The van der Waals surface area contributed by atoms with E-state index in [1.165, 1.54) is 0 Å². The second kappa shape index (κ2) is 9.98. The van der Waals surface area contributed by atoms with Crippen LogP contribution in [0.3, 0.4) is 0 Å². The van der Waals surface area contributed by atoms with Crippen LogP contribution in [-0.4, -0.2) is 48.3 Å². The predicted molar refractivity (Wildman–Crippen MR) is 130 cm³/mol. The summed E-state index contributed by atoms with van der Waals surface area (Å²) in [5.74, 6) is 0.472. The van der Waals surface area contributed by atoms with E-state index in [4.69, 9.17) is 0 Å². The Morgan fingerprint density at radius 3 is 2.32 bits per heavy atom. The molecule has 2 aromatic carbocycles. The van der Waals surface area contributed by atoms with E-state index in [9.17, 15) is 13.2 Å². The third-order valence-electron chi connectivity index (χ3n) is 6.43. The van der Waals surface area contributed by atoms with Crippen molar-refractivity contribution in [2.24, 2.45) is 0 Å². The molecule has 1 aromatic heterocycles. The Morgan fingerprint density at radius 1 is 1.06 bits per heavy atom. The summed E-state index contributed by atoms with van der Waals surface area (Å²) in [5, 5.41) is 0.509. The summed E-state index contributed by atoms with van der Waals surface area (Å²) in [6, 6.07) is 14.0. The summed E-state index contributed by atoms with van der Waals surface area (Å²) in [4.78, 5) is 23.7. The summed E-state index contributed by atoms with van der Waals surface area (Å²) in [6.07, 6.45) is 0. The van der Waals surface area contributed by atoms with Crippen LogP contribution in [0.5, 0.6) is 0 Å². The number of sulfonamides is 1. The van der Waals surface area contributed by atoms with Gasteiger partial charge in [0.15, 0.2) is 5.56 Å². The van der Waals surface area contributed by atoms with Crippen molar-refractivity contribution in [3.8, 4) is 0 Å². The van der Waals surface area contributed by atoms with Gasteiger partial charge in [-0.05, 0) is 42.5 Å². The van der Waals surface area contributed by atoms with E-state index in [0.717, 1.165) is 5.56 Å². The first kappa shape index (κ1) is 26.7. The molecule has 2 heterocycles. The van der Waals surface area contributed by atoms with Crippen LogP contribution in [0, 0.1) is 0 Å². The third kappa shape index (κ3) is 5.18. The number of benzene rings is 2. The summed E-state index contributed by atoms with van der Waals surface area (Å²) >= 11 is 0. The van der Waals surface area contributed by atoms with Gasteiger partial charge >= 0.3 is 19.5 Å². The number of fused-ring (bicyclic) bond motifs is 1. The molecule has 0 saturated carbocycles. The Labute approximate surface area is 214 Å². The van der Waals surface area contributed by atoms with E-state index in [-0.39, 0.29) is 42.5 Å². The van der Waals surface area contributed by atoms with Gasteiger partial charge in [-0.2, -0.15) is 4.31 Å². The van der Waals surface area contributed by atoms with E-state index in [0.29, 0.717) is 41.3 Å². The molecule has 4 rings (SSSR count). The van der Waals surface area contributed by atoms with Gasteiger partial charge in [-0.15, -0.1) is 0 Å². The maximum absolute atomic E-state index is 13.3. The van der Waals surface area contributed by atoms with Crippen LogP contribution in [0.25, 0.3) is 10.9 Å². The van der Waals surface area contributed by atoms with E-state index in [2.05, 4.69) is 35.6 Å². The van der Waals surface area contributed by atoms with Crippen molar-refractivity contribution in [3.63, 3.8) is 0 Å². The van der Waals surface area contributed by atoms with Crippen molar-refractivity contribution in [3.05, 3.63) is 70.3 Å². The third-order valence-corrected chi connectivity index (χ3v) is 8.46. The Bertz CT molecular complexity index is 1320. The van der Waals surface area contributed by atoms with Gasteiger partial charge in [0.05, 0.1) is 4.90 Å². The molecule has 0 amide bonds. The summed E-state index contributed by atoms with van der Waals surface area (Å²) < 4.78 is 28.2. The Morgan fingerprint density at radius 2 is 1.71 bits per heavy atom. The smallest absolute Gasteiger partial charge is 0.438 e. The first-order valence-electron chi connectivity index (χ1n) is 11.3. The fourth-order valence-corrected chi connectivity index (χ4v) is 5.97. The minimum absolute atomic E-state index is 0. The minimum atomic E-state index is -3.60. The number of aromatic nitrogens is 2. The first-order valence-corrected chi connectivity index (χ1v) is 12.7. The molecule has 0 N–H and O–H groups in total. The van der Waals surface area contributed by atoms with Gasteiger partial charge < -0.3 is 9.97 Å². The zero-order valence-corrected chi connectivity index (χ0v) is 22.7. The van der Waals surface area contributed by atoms with Gasteiger partial charge in [-0.3, -0.25) is 9.69 Å². The van der Waals surface area contributed by atoms with Gasteiger partial charge in [0.25, 0.3) is 0 Å². The summed E-state index contributed by atoms with van der Waals surface area (Å²) in [6.45, 7) is 11.6. The quantitative estimate of drug-likeness (QED) is 0.449. The van der Waals surface area contributed by atoms with Crippen LogP contribution in [0.4, 0.5) is 0 Å². The van der Waals surface area contributed by atoms with E-state index in [1.54, 1.807) is 28.6 Å². The molecule has 0 aliphatic carbocycles. The fraction of sp³-hybridized carbons (Fsp3) is 0.440. The number of piperazine rings is 1. The normalized spacial score (nSPS) is 19.0. The molecule has 2 unspecified atom stereocenters.